The van der Waals surface area contributed by atoms with Gasteiger partial charge in [0.15, 0.2) is 0 Å². The fourth-order valence-electron chi connectivity index (χ4n) is 2.58. The number of hydrogen-bond acceptors (Lipinski definition) is 4. The van der Waals surface area contributed by atoms with Gasteiger partial charge in [0.25, 0.3) is 0 Å². The van der Waals surface area contributed by atoms with Gasteiger partial charge in [-0.05, 0) is 42.8 Å². The lowest BCUT2D eigenvalue weighted by molar-refractivity contribution is 0.0734. The van der Waals surface area contributed by atoms with E-state index >= 15 is 0 Å². The van der Waals surface area contributed by atoms with Crippen molar-refractivity contribution < 1.29 is 18.7 Å². The lowest BCUT2D eigenvalue weighted by Crippen LogP contribution is -2.08. The summed E-state index contributed by atoms with van der Waals surface area (Å²) in [5.41, 5.74) is 0.244. The van der Waals surface area contributed by atoms with Gasteiger partial charge in [0.2, 0.25) is 0 Å². The molecule has 0 amide bonds. The fourth-order valence-corrected chi connectivity index (χ4v) is 2.58. The van der Waals surface area contributed by atoms with Crippen LogP contribution in [-0.4, -0.2) is 12.6 Å². The number of nitrogens with zero attached hydrogens (tertiary/aromatic N) is 1. The Morgan fingerprint density at radius 1 is 1.00 bits per heavy atom. The summed E-state index contributed by atoms with van der Waals surface area (Å²) >= 11 is 0. The molecule has 4 nitrogen and oxygen atoms in total. The first-order chi connectivity index (χ1) is 13.1. The summed E-state index contributed by atoms with van der Waals surface area (Å²) in [6, 6.07) is 12.1. The van der Waals surface area contributed by atoms with Gasteiger partial charge in [-0.15, -0.1) is 0 Å². The summed E-state index contributed by atoms with van der Waals surface area (Å²) in [5.74, 6) is -0.563. The highest BCUT2D eigenvalue weighted by molar-refractivity contribution is 5.91. The number of hydrogen-bond donors (Lipinski definition) is 0. The SMILES string of the molecule is CCCCCCCCOc1ccc(C(=O)Oc2ccc(C#N)c(F)c2)cc1. The molecule has 0 aliphatic heterocycles. The molecule has 0 radical (unpaired) electrons. The van der Waals surface area contributed by atoms with Crippen LogP contribution in [0.5, 0.6) is 11.5 Å². The molecule has 0 aliphatic rings. The highest BCUT2D eigenvalue weighted by Crippen LogP contribution is 2.19. The third-order valence-corrected chi connectivity index (χ3v) is 4.13. The van der Waals surface area contributed by atoms with E-state index < -0.39 is 11.8 Å². The van der Waals surface area contributed by atoms with Crippen LogP contribution in [0.2, 0.25) is 0 Å². The van der Waals surface area contributed by atoms with Gasteiger partial charge in [0, 0.05) is 6.07 Å². The Labute approximate surface area is 159 Å². The second kappa shape index (κ2) is 11.0. The average Bonchev–Trinajstić information content (AvgIpc) is 2.68. The molecule has 0 aliphatic carbocycles. The topological polar surface area (TPSA) is 59.3 Å². The van der Waals surface area contributed by atoms with E-state index in [-0.39, 0.29) is 11.3 Å². The molecule has 0 spiro atoms. The van der Waals surface area contributed by atoms with Crippen molar-refractivity contribution in [1.29, 1.82) is 5.26 Å². The number of halogens is 1. The zero-order chi connectivity index (χ0) is 19.5. The van der Waals surface area contributed by atoms with Crippen molar-refractivity contribution in [2.75, 3.05) is 6.61 Å². The highest BCUT2D eigenvalue weighted by Gasteiger charge is 2.11. The maximum Gasteiger partial charge on any atom is 0.343 e. The summed E-state index contributed by atoms with van der Waals surface area (Å²) in [6.45, 7) is 2.85. The minimum atomic E-state index is -0.721. The largest absolute Gasteiger partial charge is 0.494 e. The standard InChI is InChI=1S/C22H24FNO3/c1-2-3-4-5-6-7-14-26-19-11-8-17(9-12-19)22(25)27-20-13-10-18(16-24)21(23)15-20/h8-13,15H,2-7,14H2,1H3. The molecule has 2 aromatic carbocycles. The summed E-state index contributed by atoms with van der Waals surface area (Å²) in [7, 11) is 0. The average molecular weight is 369 g/mol. The lowest BCUT2D eigenvalue weighted by atomic mass is 10.1. The van der Waals surface area contributed by atoms with Gasteiger partial charge in [-0.1, -0.05) is 39.0 Å². The van der Waals surface area contributed by atoms with Crippen molar-refractivity contribution in [3.63, 3.8) is 0 Å². The van der Waals surface area contributed by atoms with Crippen LogP contribution in [0, 0.1) is 17.1 Å². The van der Waals surface area contributed by atoms with Gasteiger partial charge in [0.05, 0.1) is 17.7 Å². The zero-order valence-corrected chi connectivity index (χ0v) is 15.5. The molecule has 0 atom stereocenters. The third kappa shape index (κ3) is 6.74. The second-order valence-electron chi connectivity index (χ2n) is 6.28. The Balaban J connectivity index is 1.79. The predicted molar refractivity (Wildman–Crippen MR) is 101 cm³/mol. The Morgan fingerprint density at radius 2 is 1.67 bits per heavy atom. The number of carbonyl (C=O) groups is 1. The minimum Gasteiger partial charge on any atom is -0.494 e. The smallest absolute Gasteiger partial charge is 0.343 e. The quantitative estimate of drug-likeness (QED) is 0.308. The van der Waals surface area contributed by atoms with Crippen LogP contribution in [0.15, 0.2) is 42.5 Å². The van der Waals surface area contributed by atoms with E-state index in [1.807, 2.05) is 0 Å². The molecule has 2 rings (SSSR count). The first-order valence-electron chi connectivity index (χ1n) is 9.28. The Kier molecular flexibility index (Phi) is 8.31. The minimum absolute atomic E-state index is 0.0555. The van der Waals surface area contributed by atoms with E-state index in [0.29, 0.717) is 17.9 Å². The molecule has 0 saturated carbocycles. The van der Waals surface area contributed by atoms with Gasteiger partial charge >= 0.3 is 5.97 Å². The van der Waals surface area contributed by atoms with Crippen LogP contribution >= 0.6 is 0 Å². The van der Waals surface area contributed by atoms with Crippen LogP contribution in [0.25, 0.3) is 0 Å². The molecule has 0 bridgehead atoms. The molecular weight excluding hydrogens is 345 g/mol. The first-order valence-corrected chi connectivity index (χ1v) is 9.28. The molecule has 0 N–H and O–H groups in total. The predicted octanol–water partition coefficient (Wildman–Crippen LogP) is 5.66. The first kappa shape index (κ1) is 20.4. The Hall–Kier alpha value is -2.87. The monoisotopic (exact) mass is 369 g/mol. The van der Waals surface area contributed by atoms with Crippen LogP contribution in [0.1, 0.15) is 61.4 Å². The summed E-state index contributed by atoms with van der Waals surface area (Å²) < 4.78 is 24.4. The van der Waals surface area contributed by atoms with Gasteiger partial charge < -0.3 is 9.47 Å². The summed E-state index contributed by atoms with van der Waals surface area (Å²) in [6.07, 6.45) is 7.20. The van der Waals surface area contributed by atoms with Gasteiger partial charge in [0.1, 0.15) is 23.4 Å². The van der Waals surface area contributed by atoms with Crippen molar-refractivity contribution in [2.24, 2.45) is 0 Å². The van der Waals surface area contributed by atoms with E-state index in [0.717, 1.165) is 18.9 Å². The van der Waals surface area contributed by atoms with Crippen molar-refractivity contribution in [2.45, 2.75) is 45.4 Å². The number of carbonyl (C=O) groups excluding carboxylic acids is 1. The molecule has 2 aromatic rings. The van der Waals surface area contributed by atoms with E-state index in [1.54, 1.807) is 30.3 Å². The van der Waals surface area contributed by atoms with Crippen molar-refractivity contribution in [1.82, 2.24) is 0 Å². The van der Waals surface area contributed by atoms with Crippen LogP contribution in [-0.2, 0) is 0 Å². The van der Waals surface area contributed by atoms with E-state index in [9.17, 15) is 9.18 Å². The molecule has 27 heavy (non-hydrogen) atoms. The number of rotatable bonds is 10. The third-order valence-electron chi connectivity index (χ3n) is 4.13. The highest BCUT2D eigenvalue weighted by atomic mass is 19.1. The van der Waals surface area contributed by atoms with Crippen molar-refractivity contribution >= 4 is 5.97 Å². The van der Waals surface area contributed by atoms with Crippen molar-refractivity contribution in [3.05, 3.63) is 59.4 Å². The number of unbranched alkanes of at least 4 members (excludes halogenated alkanes) is 5. The second-order valence-corrected chi connectivity index (χ2v) is 6.28. The van der Waals surface area contributed by atoms with Crippen LogP contribution in [0.4, 0.5) is 4.39 Å². The summed E-state index contributed by atoms with van der Waals surface area (Å²) in [4.78, 5) is 12.1. The van der Waals surface area contributed by atoms with E-state index in [4.69, 9.17) is 14.7 Å². The molecule has 0 saturated heterocycles. The zero-order valence-electron chi connectivity index (χ0n) is 15.5. The maximum atomic E-state index is 13.6. The molecule has 0 aromatic heterocycles. The molecular formula is C22H24FNO3. The Morgan fingerprint density at radius 3 is 2.33 bits per heavy atom. The molecule has 5 heteroatoms. The van der Waals surface area contributed by atoms with Crippen LogP contribution in [0.3, 0.4) is 0 Å². The fraction of sp³-hybridized carbons (Fsp3) is 0.364. The molecule has 0 unspecified atom stereocenters. The summed E-state index contributed by atoms with van der Waals surface area (Å²) in [5, 5.41) is 8.71. The molecule has 142 valence electrons. The maximum absolute atomic E-state index is 13.6. The lowest BCUT2D eigenvalue weighted by Gasteiger charge is -2.08. The number of benzene rings is 2. The molecule has 0 heterocycles. The van der Waals surface area contributed by atoms with E-state index in [2.05, 4.69) is 6.92 Å². The number of ether oxygens (including phenoxy) is 2. The van der Waals surface area contributed by atoms with Gasteiger partial charge in [-0.2, -0.15) is 5.26 Å². The number of esters is 1. The van der Waals surface area contributed by atoms with Gasteiger partial charge in [-0.3, -0.25) is 0 Å². The van der Waals surface area contributed by atoms with Crippen LogP contribution < -0.4 is 9.47 Å². The van der Waals surface area contributed by atoms with Gasteiger partial charge in [-0.25, -0.2) is 9.18 Å². The Bertz CT molecular complexity index is 781. The van der Waals surface area contributed by atoms with Crippen molar-refractivity contribution in [3.8, 4) is 17.6 Å². The molecule has 0 fully saturated rings. The van der Waals surface area contributed by atoms with E-state index in [1.165, 1.54) is 37.8 Å². The number of nitriles is 1. The normalized spacial score (nSPS) is 10.3.